The Bertz CT molecular complexity index is 801. The first-order valence-electron chi connectivity index (χ1n) is 9.84. The number of guanidine groups is 1. The van der Waals surface area contributed by atoms with Gasteiger partial charge in [0.05, 0.1) is 18.3 Å². The highest BCUT2D eigenvalue weighted by molar-refractivity contribution is 5.79. The Morgan fingerprint density at radius 3 is 2.86 bits per heavy atom. The van der Waals surface area contributed by atoms with E-state index in [4.69, 9.17) is 9.47 Å². The minimum Gasteiger partial charge on any atom is -0.491 e. The predicted molar refractivity (Wildman–Crippen MR) is 112 cm³/mol. The van der Waals surface area contributed by atoms with E-state index in [0.29, 0.717) is 19.7 Å². The smallest absolute Gasteiger partial charge is 0.191 e. The molecule has 0 bridgehead atoms. The molecule has 28 heavy (non-hydrogen) atoms. The van der Waals surface area contributed by atoms with Crippen LogP contribution in [0.1, 0.15) is 35.2 Å². The van der Waals surface area contributed by atoms with Gasteiger partial charge in [0.2, 0.25) is 0 Å². The second kappa shape index (κ2) is 10.1. The average molecular weight is 383 g/mol. The molecule has 0 saturated carbocycles. The van der Waals surface area contributed by atoms with Gasteiger partial charge >= 0.3 is 0 Å². The molecule has 1 fully saturated rings. The molecule has 1 atom stereocenters. The Morgan fingerprint density at radius 2 is 2.11 bits per heavy atom. The molecule has 3 rings (SSSR count). The van der Waals surface area contributed by atoms with Crippen molar-refractivity contribution in [2.45, 2.75) is 45.9 Å². The second-order valence-corrected chi connectivity index (χ2v) is 7.10. The van der Waals surface area contributed by atoms with Gasteiger partial charge in [0.15, 0.2) is 5.96 Å². The van der Waals surface area contributed by atoms with E-state index in [1.807, 2.05) is 12.3 Å². The van der Waals surface area contributed by atoms with Gasteiger partial charge in [-0.05, 0) is 49.9 Å². The lowest BCUT2D eigenvalue weighted by Gasteiger charge is -2.17. The van der Waals surface area contributed by atoms with Gasteiger partial charge in [0, 0.05) is 32.0 Å². The van der Waals surface area contributed by atoms with Gasteiger partial charge in [-0.1, -0.05) is 18.2 Å². The Kier molecular flexibility index (Phi) is 7.25. The van der Waals surface area contributed by atoms with Gasteiger partial charge in [0.1, 0.15) is 12.4 Å². The highest BCUT2D eigenvalue weighted by Gasteiger charge is 2.17. The Balaban J connectivity index is 1.56. The van der Waals surface area contributed by atoms with Crippen molar-refractivity contribution in [3.63, 3.8) is 0 Å². The van der Waals surface area contributed by atoms with Gasteiger partial charge in [-0.25, -0.2) is 0 Å². The standard InChI is InChI=1S/C22H30N4O2/c1-16-8-9-18(21(12-16)28-15-19-7-5-11-27-19)13-25-22(23-3)26-14-20-17(2)6-4-10-24-20/h4,6,8-10,12,19H,5,7,11,13-15H2,1-3H3,(H2,23,25,26). The molecule has 2 aromatic rings. The monoisotopic (exact) mass is 382 g/mol. The van der Waals surface area contributed by atoms with E-state index in [0.717, 1.165) is 48.0 Å². The van der Waals surface area contributed by atoms with Crippen molar-refractivity contribution in [1.29, 1.82) is 0 Å². The molecule has 1 aromatic heterocycles. The molecule has 2 heterocycles. The number of hydrogen-bond donors (Lipinski definition) is 2. The summed E-state index contributed by atoms with van der Waals surface area (Å²) in [5, 5.41) is 6.68. The molecule has 6 nitrogen and oxygen atoms in total. The summed E-state index contributed by atoms with van der Waals surface area (Å²) in [6.07, 6.45) is 4.21. The van der Waals surface area contributed by atoms with Gasteiger partial charge in [-0.3, -0.25) is 9.98 Å². The molecule has 0 aliphatic carbocycles. The van der Waals surface area contributed by atoms with Crippen molar-refractivity contribution in [3.05, 3.63) is 58.9 Å². The Morgan fingerprint density at radius 1 is 1.25 bits per heavy atom. The summed E-state index contributed by atoms with van der Waals surface area (Å²) >= 11 is 0. The number of benzene rings is 1. The van der Waals surface area contributed by atoms with E-state index < -0.39 is 0 Å². The third-order valence-corrected chi connectivity index (χ3v) is 4.88. The van der Waals surface area contributed by atoms with Crippen molar-refractivity contribution in [2.75, 3.05) is 20.3 Å². The predicted octanol–water partition coefficient (Wildman–Crippen LogP) is 3.12. The molecule has 0 amide bonds. The first kappa shape index (κ1) is 20.1. The number of hydrogen-bond acceptors (Lipinski definition) is 4. The fraction of sp³-hybridized carbons (Fsp3) is 0.455. The number of nitrogens with zero attached hydrogens (tertiary/aromatic N) is 2. The zero-order valence-electron chi connectivity index (χ0n) is 17.0. The zero-order valence-corrected chi connectivity index (χ0v) is 17.0. The van der Waals surface area contributed by atoms with Gasteiger partial charge in [-0.15, -0.1) is 0 Å². The van der Waals surface area contributed by atoms with Crippen LogP contribution >= 0.6 is 0 Å². The minimum atomic E-state index is 0.206. The number of aliphatic imine (C=N–C) groups is 1. The van der Waals surface area contributed by atoms with Crippen molar-refractivity contribution in [3.8, 4) is 5.75 Å². The van der Waals surface area contributed by atoms with Crippen LogP contribution in [0, 0.1) is 13.8 Å². The third-order valence-electron chi connectivity index (χ3n) is 4.88. The third kappa shape index (κ3) is 5.70. The fourth-order valence-electron chi connectivity index (χ4n) is 3.17. The Labute approximate surface area is 167 Å². The molecule has 1 saturated heterocycles. The van der Waals surface area contributed by atoms with Crippen molar-refractivity contribution in [1.82, 2.24) is 15.6 Å². The molecular weight excluding hydrogens is 352 g/mol. The summed E-state index contributed by atoms with van der Waals surface area (Å²) in [7, 11) is 1.77. The highest BCUT2D eigenvalue weighted by Crippen LogP contribution is 2.22. The number of aryl methyl sites for hydroxylation is 2. The number of rotatable bonds is 7. The molecule has 1 unspecified atom stereocenters. The first-order valence-corrected chi connectivity index (χ1v) is 9.84. The van der Waals surface area contributed by atoms with Crippen molar-refractivity contribution < 1.29 is 9.47 Å². The van der Waals surface area contributed by atoms with E-state index in [-0.39, 0.29) is 6.10 Å². The lowest BCUT2D eigenvalue weighted by Crippen LogP contribution is -2.36. The lowest BCUT2D eigenvalue weighted by atomic mass is 10.1. The van der Waals surface area contributed by atoms with E-state index in [2.05, 4.69) is 58.7 Å². The van der Waals surface area contributed by atoms with Crippen molar-refractivity contribution >= 4 is 5.96 Å². The van der Waals surface area contributed by atoms with Gasteiger partial charge < -0.3 is 20.1 Å². The maximum atomic E-state index is 6.08. The molecule has 2 N–H and O–H groups in total. The van der Waals surface area contributed by atoms with Crippen LogP contribution in [-0.2, 0) is 17.8 Å². The summed E-state index contributed by atoms with van der Waals surface area (Å²) in [4.78, 5) is 8.72. The molecule has 150 valence electrons. The van der Waals surface area contributed by atoms with Crippen LogP contribution < -0.4 is 15.4 Å². The maximum absolute atomic E-state index is 6.08. The van der Waals surface area contributed by atoms with Crippen LogP contribution in [0.3, 0.4) is 0 Å². The van der Waals surface area contributed by atoms with Crippen LogP contribution in [0.15, 0.2) is 41.5 Å². The van der Waals surface area contributed by atoms with E-state index in [1.54, 1.807) is 7.05 Å². The number of nitrogens with one attached hydrogen (secondary N) is 2. The highest BCUT2D eigenvalue weighted by atomic mass is 16.5. The van der Waals surface area contributed by atoms with Crippen LogP contribution in [0.25, 0.3) is 0 Å². The van der Waals surface area contributed by atoms with E-state index in [1.165, 1.54) is 5.56 Å². The average Bonchev–Trinajstić information content (AvgIpc) is 3.22. The van der Waals surface area contributed by atoms with E-state index in [9.17, 15) is 0 Å². The van der Waals surface area contributed by atoms with Gasteiger partial charge in [0.25, 0.3) is 0 Å². The largest absolute Gasteiger partial charge is 0.491 e. The number of aromatic nitrogens is 1. The lowest BCUT2D eigenvalue weighted by molar-refractivity contribution is 0.0676. The zero-order chi connectivity index (χ0) is 19.8. The molecule has 0 radical (unpaired) electrons. The molecule has 0 spiro atoms. The summed E-state index contributed by atoms with van der Waals surface area (Å²) < 4.78 is 11.7. The molecule has 1 aliphatic rings. The SMILES string of the molecule is CN=C(NCc1ccc(C)cc1OCC1CCCO1)NCc1ncccc1C. The first-order chi connectivity index (χ1) is 13.7. The molecular formula is C22H30N4O2. The maximum Gasteiger partial charge on any atom is 0.191 e. The van der Waals surface area contributed by atoms with Crippen LogP contribution in [0.5, 0.6) is 5.75 Å². The molecule has 6 heteroatoms. The fourth-order valence-corrected chi connectivity index (χ4v) is 3.17. The normalized spacial score (nSPS) is 16.8. The van der Waals surface area contributed by atoms with Gasteiger partial charge in [-0.2, -0.15) is 0 Å². The summed E-state index contributed by atoms with van der Waals surface area (Å²) in [5.41, 5.74) is 4.45. The van der Waals surface area contributed by atoms with Crippen molar-refractivity contribution in [2.24, 2.45) is 4.99 Å². The van der Waals surface area contributed by atoms with Crippen LogP contribution in [-0.4, -0.2) is 37.3 Å². The summed E-state index contributed by atoms with van der Waals surface area (Å²) in [5.74, 6) is 1.63. The van der Waals surface area contributed by atoms with E-state index >= 15 is 0 Å². The topological polar surface area (TPSA) is 67.8 Å². The quantitative estimate of drug-likeness (QED) is 0.569. The van der Waals surface area contributed by atoms with Crippen LogP contribution in [0.4, 0.5) is 0 Å². The summed E-state index contributed by atoms with van der Waals surface area (Å²) in [6.45, 7) is 6.83. The minimum absolute atomic E-state index is 0.206. The van der Waals surface area contributed by atoms with Crippen LogP contribution in [0.2, 0.25) is 0 Å². The second-order valence-electron chi connectivity index (χ2n) is 7.10. The summed E-state index contributed by atoms with van der Waals surface area (Å²) in [6, 6.07) is 10.3. The molecule has 1 aromatic carbocycles. The number of pyridine rings is 1. The Hall–Kier alpha value is -2.60. The molecule has 1 aliphatic heterocycles. The number of ether oxygens (including phenoxy) is 2.